The number of hydrogen-bond acceptors (Lipinski definition) is 4. The molecule has 2 aromatic rings. The molecule has 1 aliphatic rings. The van der Waals surface area contributed by atoms with Gasteiger partial charge in [0.05, 0.1) is 18.2 Å². The van der Waals surface area contributed by atoms with E-state index in [4.69, 9.17) is 4.74 Å². The van der Waals surface area contributed by atoms with Gasteiger partial charge in [-0.25, -0.2) is 0 Å². The van der Waals surface area contributed by atoms with Crippen LogP contribution in [0, 0.1) is 13.8 Å². The quantitative estimate of drug-likeness (QED) is 0.816. The predicted octanol–water partition coefficient (Wildman–Crippen LogP) is 3.78. The Bertz CT molecular complexity index is 702. The molecule has 0 saturated carbocycles. The van der Waals surface area contributed by atoms with Crippen molar-refractivity contribution in [3.8, 4) is 0 Å². The monoisotopic (exact) mass is 368 g/mol. The molecule has 1 saturated heterocycles. The Morgan fingerprint density at radius 2 is 1.70 bits per heavy atom. The van der Waals surface area contributed by atoms with Gasteiger partial charge in [0, 0.05) is 12.2 Å². The number of hydrogen-bond donors (Lipinski definition) is 1. The van der Waals surface area contributed by atoms with Gasteiger partial charge in [-0.15, -0.1) is 0 Å². The smallest absolute Gasteiger partial charge is 0.150 e. The lowest BCUT2D eigenvalue weighted by Gasteiger charge is -2.42. The highest BCUT2D eigenvalue weighted by Crippen LogP contribution is 2.36. The first-order valence-corrected chi connectivity index (χ1v) is 9.45. The summed E-state index contributed by atoms with van der Waals surface area (Å²) in [6, 6.07) is 16.8. The summed E-state index contributed by atoms with van der Waals surface area (Å²) in [6.45, 7) is 5.52. The van der Waals surface area contributed by atoms with Crippen molar-refractivity contribution in [2.45, 2.75) is 31.8 Å². The number of nitrogens with zero attached hydrogens (tertiary/aromatic N) is 1. The summed E-state index contributed by atoms with van der Waals surface area (Å²) >= 11 is 0. The van der Waals surface area contributed by atoms with Crippen LogP contribution in [0.4, 0.5) is 0 Å². The summed E-state index contributed by atoms with van der Waals surface area (Å²) in [7, 11) is 6.31. The normalized spacial score (nSPS) is 20.1. The molecule has 2 unspecified atom stereocenters. The van der Waals surface area contributed by atoms with Crippen molar-refractivity contribution in [3.05, 3.63) is 70.8 Å². The molecule has 27 heavy (non-hydrogen) atoms. The van der Waals surface area contributed by atoms with E-state index >= 15 is 0 Å². The lowest BCUT2D eigenvalue weighted by atomic mass is 9.83. The fourth-order valence-corrected chi connectivity index (χ4v) is 3.81. The summed E-state index contributed by atoms with van der Waals surface area (Å²) in [5.41, 5.74) is 4.32. The average Bonchev–Trinajstić information content (AvgIpc) is 3.15. The van der Waals surface area contributed by atoms with Gasteiger partial charge in [0.25, 0.3) is 0 Å². The van der Waals surface area contributed by atoms with Crippen LogP contribution in [-0.2, 0) is 4.74 Å². The van der Waals surface area contributed by atoms with Gasteiger partial charge in [-0.3, -0.25) is 9.69 Å². The van der Waals surface area contributed by atoms with E-state index in [0.717, 1.165) is 42.6 Å². The number of likely N-dealkylation sites (N-methyl/N-ethyl adjacent to an activating group) is 2. The second kappa shape index (κ2) is 9.79. The van der Waals surface area contributed by atoms with Crippen molar-refractivity contribution < 1.29 is 9.53 Å². The maximum Gasteiger partial charge on any atom is 0.150 e. The van der Waals surface area contributed by atoms with E-state index in [2.05, 4.69) is 54.6 Å². The lowest BCUT2D eigenvalue weighted by Crippen LogP contribution is -2.53. The minimum absolute atomic E-state index is 0.0656. The summed E-state index contributed by atoms with van der Waals surface area (Å²) in [6.07, 6.45) is 1.98. The molecule has 0 bridgehead atoms. The number of carbonyl (C=O) groups excluding carboxylic acids is 1. The van der Waals surface area contributed by atoms with Crippen molar-refractivity contribution in [3.63, 3.8) is 0 Å². The molecule has 4 heteroatoms. The van der Waals surface area contributed by atoms with Crippen molar-refractivity contribution in [1.29, 1.82) is 0 Å². The Morgan fingerprint density at radius 3 is 2.11 bits per heavy atom. The van der Waals surface area contributed by atoms with Crippen LogP contribution < -0.4 is 5.32 Å². The third-order valence-electron chi connectivity index (χ3n) is 5.54. The van der Waals surface area contributed by atoms with E-state index in [1.807, 2.05) is 39.1 Å². The maximum atomic E-state index is 10.4. The molecule has 0 aromatic heterocycles. The second-order valence-electron chi connectivity index (χ2n) is 7.36. The second-order valence-corrected chi connectivity index (χ2v) is 7.36. The fraction of sp³-hybridized carbons (Fsp3) is 0.435. The number of rotatable bonds is 5. The zero-order valence-corrected chi connectivity index (χ0v) is 17.2. The summed E-state index contributed by atoms with van der Waals surface area (Å²) in [4.78, 5) is 12.7. The molecule has 0 aliphatic carbocycles. The third-order valence-corrected chi connectivity index (χ3v) is 5.54. The Kier molecular flexibility index (Phi) is 7.72. The van der Waals surface area contributed by atoms with Gasteiger partial charge in [-0.05, 0) is 58.1 Å². The molecule has 146 valence electrons. The maximum absolute atomic E-state index is 10.4. The van der Waals surface area contributed by atoms with E-state index in [-0.39, 0.29) is 5.54 Å². The molecule has 1 N–H and O–H groups in total. The summed E-state index contributed by atoms with van der Waals surface area (Å²) in [5.74, 6) is 0. The van der Waals surface area contributed by atoms with Crippen LogP contribution in [0.2, 0.25) is 0 Å². The van der Waals surface area contributed by atoms with E-state index in [0.29, 0.717) is 6.04 Å². The van der Waals surface area contributed by atoms with Crippen LogP contribution in [0.5, 0.6) is 0 Å². The van der Waals surface area contributed by atoms with Crippen LogP contribution in [0.3, 0.4) is 0 Å². The zero-order valence-electron chi connectivity index (χ0n) is 17.2. The standard InChI is InChI=1S/C14H22N2O.C9H10O/c1-15-13(12-7-5-4-6-8-12)14(16(2)3)9-10-17-11-14;1-7-4-3-5-8(2)9(7)6-10/h4-8,13,15H,9-11H2,1-3H3;3-6H,1-2H3. The number of ether oxygens (including phenoxy) is 1. The number of nitrogens with one attached hydrogen (secondary N) is 1. The third kappa shape index (κ3) is 4.83. The van der Waals surface area contributed by atoms with Crippen LogP contribution >= 0.6 is 0 Å². The topological polar surface area (TPSA) is 41.6 Å². The van der Waals surface area contributed by atoms with Gasteiger partial charge in [-0.2, -0.15) is 0 Å². The van der Waals surface area contributed by atoms with E-state index in [9.17, 15) is 4.79 Å². The van der Waals surface area contributed by atoms with Crippen LogP contribution in [-0.4, -0.2) is 51.1 Å². The molecule has 1 aliphatic heterocycles. The van der Waals surface area contributed by atoms with Gasteiger partial charge < -0.3 is 10.1 Å². The first-order chi connectivity index (χ1) is 13.0. The summed E-state index contributed by atoms with van der Waals surface area (Å²) in [5, 5.41) is 3.46. The number of benzene rings is 2. The van der Waals surface area contributed by atoms with E-state index in [1.54, 1.807) is 0 Å². The highest BCUT2D eigenvalue weighted by atomic mass is 16.5. The average molecular weight is 369 g/mol. The van der Waals surface area contributed by atoms with Gasteiger partial charge >= 0.3 is 0 Å². The highest BCUT2D eigenvalue weighted by molar-refractivity contribution is 5.79. The zero-order chi connectivity index (χ0) is 19.9. The van der Waals surface area contributed by atoms with E-state index in [1.165, 1.54) is 5.56 Å². The molecule has 0 spiro atoms. The van der Waals surface area contributed by atoms with Crippen LogP contribution in [0.1, 0.15) is 39.5 Å². The Labute approximate surface area is 163 Å². The van der Waals surface area contributed by atoms with Crippen LogP contribution in [0.25, 0.3) is 0 Å². The van der Waals surface area contributed by atoms with Gasteiger partial charge in [-0.1, -0.05) is 48.5 Å². The minimum atomic E-state index is 0.0656. The number of aldehydes is 1. The molecule has 3 rings (SSSR count). The molecule has 0 amide bonds. The van der Waals surface area contributed by atoms with Crippen molar-refractivity contribution in [1.82, 2.24) is 10.2 Å². The summed E-state index contributed by atoms with van der Waals surface area (Å²) < 4.78 is 5.64. The van der Waals surface area contributed by atoms with Gasteiger partial charge in [0.1, 0.15) is 0 Å². The van der Waals surface area contributed by atoms with Gasteiger partial charge in [0.2, 0.25) is 0 Å². The first-order valence-electron chi connectivity index (χ1n) is 9.45. The molecule has 1 fully saturated rings. The van der Waals surface area contributed by atoms with Crippen molar-refractivity contribution >= 4 is 6.29 Å². The largest absolute Gasteiger partial charge is 0.379 e. The van der Waals surface area contributed by atoms with E-state index < -0.39 is 0 Å². The van der Waals surface area contributed by atoms with Crippen molar-refractivity contribution in [2.75, 3.05) is 34.4 Å². The van der Waals surface area contributed by atoms with Crippen LogP contribution in [0.15, 0.2) is 48.5 Å². The molecule has 2 atom stereocenters. The molecule has 0 radical (unpaired) electrons. The molecule has 4 nitrogen and oxygen atoms in total. The number of aryl methyl sites for hydroxylation is 2. The Balaban J connectivity index is 0.000000223. The Hall–Kier alpha value is -2.01. The number of carbonyl (C=O) groups is 1. The molecule has 1 heterocycles. The Morgan fingerprint density at radius 1 is 1.07 bits per heavy atom. The SMILES string of the molecule is CNC(c1ccccc1)C1(N(C)C)CCOC1.Cc1cccc(C)c1C=O. The highest BCUT2D eigenvalue weighted by Gasteiger charge is 2.44. The lowest BCUT2D eigenvalue weighted by molar-refractivity contribution is 0.0754. The van der Waals surface area contributed by atoms with Crippen molar-refractivity contribution in [2.24, 2.45) is 0 Å². The minimum Gasteiger partial charge on any atom is -0.379 e. The molecular weight excluding hydrogens is 336 g/mol. The molecule has 2 aromatic carbocycles. The fourth-order valence-electron chi connectivity index (χ4n) is 3.81. The van der Waals surface area contributed by atoms with Gasteiger partial charge in [0.15, 0.2) is 6.29 Å². The first kappa shape index (κ1) is 21.3. The predicted molar refractivity (Wildman–Crippen MR) is 111 cm³/mol. The molecular formula is C23H32N2O2.